The van der Waals surface area contributed by atoms with Crippen LogP contribution < -0.4 is 0 Å². The van der Waals surface area contributed by atoms with Crippen LogP contribution in [0, 0.1) is 10.8 Å². The van der Waals surface area contributed by atoms with E-state index in [-0.39, 0.29) is 11.3 Å². The number of hydrogen-bond donors (Lipinski definition) is 3. The number of hydrogen-bond acceptors (Lipinski definition) is 6. The van der Waals surface area contributed by atoms with Gasteiger partial charge in [0, 0.05) is 55.5 Å². The molecule has 47 heavy (non-hydrogen) atoms. The number of benzene rings is 1. The molecular formula is C37H54F3NO5S. The molecule has 6 rings (SSSR count). The standard InChI is InChI=1S/C28H32F3NO3.C6H14.C2H4O2.CH4S/c1-16(2)24-22-23(21-19(32-24)14-26(8-3-9-26)15-20(21)33)27(10-12-34-13-11-27)35-25(22)17-4-6-18(7-5-17)28(29,30)31;1-5-6(2,3)4;1-2(3)4;1-2/h4-7,16,20,25,33H,3,8-15H2,1-2H3;5H2,1-4H3;1H3,(H,3,4);2H,1H3. The Labute approximate surface area is 284 Å². The van der Waals surface area contributed by atoms with Crippen LogP contribution in [0.1, 0.15) is 151 Å². The molecule has 6 nitrogen and oxygen atoms in total. The Hall–Kier alpha value is -2.14. The van der Waals surface area contributed by atoms with Crippen molar-refractivity contribution in [1.82, 2.24) is 4.98 Å². The monoisotopic (exact) mass is 681 g/mol. The van der Waals surface area contributed by atoms with E-state index in [1.54, 1.807) is 6.26 Å². The number of carboxylic acid groups (broad SMARTS) is 1. The molecule has 264 valence electrons. The predicted molar refractivity (Wildman–Crippen MR) is 182 cm³/mol. The van der Waals surface area contributed by atoms with Crippen LogP contribution in [-0.4, -0.2) is 40.6 Å². The number of carbonyl (C=O) groups is 1. The van der Waals surface area contributed by atoms with E-state index in [4.69, 9.17) is 24.4 Å². The first-order valence-corrected chi connectivity index (χ1v) is 17.6. The predicted octanol–water partition coefficient (Wildman–Crippen LogP) is 9.58. The zero-order chi connectivity index (χ0) is 35.4. The highest BCUT2D eigenvalue weighted by Gasteiger charge is 2.53. The van der Waals surface area contributed by atoms with Gasteiger partial charge in [0.25, 0.3) is 5.97 Å². The molecule has 3 heterocycles. The van der Waals surface area contributed by atoms with E-state index in [1.165, 1.54) is 25.0 Å². The third-order valence-electron chi connectivity index (χ3n) is 9.81. The third-order valence-corrected chi connectivity index (χ3v) is 9.81. The first kappa shape index (κ1) is 39.3. The van der Waals surface area contributed by atoms with Gasteiger partial charge < -0.3 is 19.7 Å². The molecule has 0 radical (unpaired) electrons. The minimum Gasteiger partial charge on any atom is -0.481 e. The molecular weight excluding hydrogens is 627 g/mol. The van der Waals surface area contributed by atoms with Crippen LogP contribution in [0.4, 0.5) is 13.2 Å². The van der Waals surface area contributed by atoms with E-state index in [2.05, 4.69) is 54.2 Å². The maximum absolute atomic E-state index is 13.2. The molecule has 2 atom stereocenters. The quantitative estimate of drug-likeness (QED) is 0.274. The van der Waals surface area contributed by atoms with Crippen LogP contribution in [0.3, 0.4) is 0 Å². The molecule has 2 spiro atoms. The van der Waals surface area contributed by atoms with Gasteiger partial charge in [0.05, 0.1) is 17.3 Å². The van der Waals surface area contributed by atoms with Gasteiger partial charge in [0.1, 0.15) is 6.10 Å². The van der Waals surface area contributed by atoms with E-state index in [0.717, 1.165) is 72.8 Å². The van der Waals surface area contributed by atoms with Gasteiger partial charge in [-0.15, -0.1) is 0 Å². The number of aliphatic hydroxyl groups excluding tert-OH is 1. The van der Waals surface area contributed by atoms with Crippen molar-refractivity contribution in [3.63, 3.8) is 0 Å². The molecule has 1 saturated heterocycles. The van der Waals surface area contributed by atoms with Crippen LogP contribution in [-0.2, 0) is 32.5 Å². The lowest BCUT2D eigenvalue weighted by atomic mass is 9.58. The molecule has 0 bridgehead atoms. The average Bonchev–Trinajstić information content (AvgIpc) is 3.30. The van der Waals surface area contributed by atoms with Gasteiger partial charge in [-0.2, -0.15) is 25.8 Å². The molecule has 2 fully saturated rings. The lowest BCUT2D eigenvalue weighted by Gasteiger charge is -2.48. The Morgan fingerprint density at radius 2 is 1.57 bits per heavy atom. The number of alkyl halides is 3. The van der Waals surface area contributed by atoms with Gasteiger partial charge in [0.2, 0.25) is 0 Å². The summed E-state index contributed by atoms with van der Waals surface area (Å²) in [5, 5.41) is 18.9. The van der Waals surface area contributed by atoms with E-state index in [9.17, 15) is 18.3 Å². The van der Waals surface area contributed by atoms with Gasteiger partial charge in [-0.3, -0.25) is 9.78 Å². The lowest BCUT2D eigenvalue weighted by molar-refractivity contribution is -0.138. The molecule has 2 aromatic rings. The van der Waals surface area contributed by atoms with E-state index >= 15 is 0 Å². The summed E-state index contributed by atoms with van der Waals surface area (Å²) in [6.45, 7) is 15.3. The maximum Gasteiger partial charge on any atom is 0.416 e. The second-order valence-electron chi connectivity index (χ2n) is 14.7. The fourth-order valence-electron chi connectivity index (χ4n) is 6.86. The van der Waals surface area contributed by atoms with Crippen molar-refractivity contribution >= 4 is 18.6 Å². The fourth-order valence-corrected chi connectivity index (χ4v) is 6.86. The van der Waals surface area contributed by atoms with Gasteiger partial charge in [-0.1, -0.05) is 66.5 Å². The molecule has 1 aromatic carbocycles. The Balaban J connectivity index is 0.000000435. The minimum absolute atomic E-state index is 0.112. The highest BCUT2D eigenvalue weighted by atomic mass is 32.1. The number of aliphatic carboxylic acids is 1. The molecule has 2 unspecified atom stereocenters. The largest absolute Gasteiger partial charge is 0.481 e. The number of rotatable bonds is 2. The first-order chi connectivity index (χ1) is 21.9. The molecule has 10 heteroatoms. The van der Waals surface area contributed by atoms with Gasteiger partial charge in [-0.05, 0) is 71.9 Å². The fraction of sp³-hybridized carbons (Fsp3) is 0.676. The van der Waals surface area contributed by atoms with Crippen LogP contribution in [0.15, 0.2) is 24.3 Å². The summed E-state index contributed by atoms with van der Waals surface area (Å²) < 4.78 is 52.3. The van der Waals surface area contributed by atoms with Gasteiger partial charge >= 0.3 is 6.18 Å². The summed E-state index contributed by atoms with van der Waals surface area (Å²) in [4.78, 5) is 14.2. The number of carboxylic acids is 1. The highest BCUT2D eigenvalue weighted by molar-refractivity contribution is 7.79. The number of fused-ring (bicyclic) bond motifs is 4. The number of halogens is 3. The summed E-state index contributed by atoms with van der Waals surface area (Å²) in [7, 11) is 0. The summed E-state index contributed by atoms with van der Waals surface area (Å²) in [5.74, 6) is -0.721. The van der Waals surface area contributed by atoms with E-state index < -0.39 is 35.5 Å². The Morgan fingerprint density at radius 1 is 1.04 bits per heavy atom. The van der Waals surface area contributed by atoms with Crippen LogP contribution in [0.2, 0.25) is 0 Å². The van der Waals surface area contributed by atoms with Gasteiger partial charge in [0.15, 0.2) is 0 Å². The van der Waals surface area contributed by atoms with E-state index in [1.807, 2.05) is 0 Å². The number of aromatic nitrogens is 1. The highest BCUT2D eigenvalue weighted by Crippen LogP contribution is 2.60. The van der Waals surface area contributed by atoms with Crippen molar-refractivity contribution in [2.24, 2.45) is 10.8 Å². The van der Waals surface area contributed by atoms with Crippen LogP contribution >= 0.6 is 12.6 Å². The lowest BCUT2D eigenvalue weighted by Crippen LogP contribution is -2.40. The molecule has 1 aromatic heterocycles. The maximum atomic E-state index is 13.2. The van der Waals surface area contributed by atoms with Crippen molar-refractivity contribution < 1.29 is 37.7 Å². The summed E-state index contributed by atoms with van der Waals surface area (Å²) in [5.41, 5.74) is 4.92. The van der Waals surface area contributed by atoms with Crippen molar-refractivity contribution in [3.05, 3.63) is 63.5 Å². The third kappa shape index (κ3) is 9.11. The Bertz CT molecular complexity index is 1340. The summed E-state index contributed by atoms with van der Waals surface area (Å²) in [6.07, 6.45) is 3.84. The SMILES string of the molecule is CC(=O)O.CC(C)c1nc2c(c3c1C(c1ccc(C(F)(F)F)cc1)OC31CCOCC1)C(O)CC1(CCC1)C2.CCC(C)(C)C.CS. The topological polar surface area (TPSA) is 88.9 Å². The number of pyridine rings is 1. The molecule has 2 aliphatic carbocycles. The van der Waals surface area contributed by atoms with E-state index in [0.29, 0.717) is 37.0 Å². The van der Waals surface area contributed by atoms with Crippen molar-refractivity contribution in [2.45, 2.75) is 130 Å². The van der Waals surface area contributed by atoms with Crippen molar-refractivity contribution in [1.29, 1.82) is 0 Å². The molecule has 2 aliphatic heterocycles. The van der Waals surface area contributed by atoms with Crippen LogP contribution in [0.5, 0.6) is 0 Å². The molecule has 2 N–H and O–H groups in total. The summed E-state index contributed by atoms with van der Waals surface area (Å²) in [6, 6.07) is 5.31. The molecule has 4 aliphatic rings. The average molecular weight is 682 g/mol. The zero-order valence-corrected chi connectivity index (χ0v) is 30.2. The summed E-state index contributed by atoms with van der Waals surface area (Å²) >= 11 is 3.53. The van der Waals surface area contributed by atoms with Crippen LogP contribution in [0.25, 0.3) is 0 Å². The first-order valence-electron chi connectivity index (χ1n) is 16.7. The van der Waals surface area contributed by atoms with Gasteiger partial charge in [-0.25, -0.2) is 0 Å². The Kier molecular flexibility index (Phi) is 13.0. The second-order valence-corrected chi connectivity index (χ2v) is 14.7. The van der Waals surface area contributed by atoms with Crippen molar-refractivity contribution in [3.8, 4) is 0 Å². The second kappa shape index (κ2) is 15.6. The van der Waals surface area contributed by atoms with Crippen molar-refractivity contribution in [2.75, 3.05) is 19.5 Å². The number of aliphatic hydroxyl groups is 1. The smallest absolute Gasteiger partial charge is 0.416 e. The molecule has 1 saturated carbocycles. The zero-order valence-electron chi connectivity index (χ0n) is 29.3. The number of thiol groups is 1. The minimum atomic E-state index is -4.39. The molecule has 0 amide bonds. The normalized spacial score (nSPS) is 22.0. The Morgan fingerprint density at radius 3 is 2.00 bits per heavy atom. The number of ether oxygens (including phenoxy) is 2. The number of nitrogens with zero attached hydrogens (tertiary/aromatic N) is 1.